The minimum Gasteiger partial charge on any atom is -0.507 e. The number of aryl methyl sites for hydroxylation is 1. The number of carbonyl (C=O) groups excluding carboxylic acids is 2. The molecule has 0 radical (unpaired) electrons. The number of carbonyl (C=O) groups is 2. The fraction of sp³-hybridized carbons (Fsp3) is 0.407. The van der Waals surface area contributed by atoms with E-state index in [0.717, 1.165) is 25.7 Å². The van der Waals surface area contributed by atoms with Gasteiger partial charge in [-0.1, -0.05) is 55.3 Å². The number of aromatic hydroxyl groups is 1. The number of esters is 1. The first kappa shape index (κ1) is 22.1. The van der Waals surface area contributed by atoms with Gasteiger partial charge in [0.15, 0.2) is 0 Å². The first-order chi connectivity index (χ1) is 15.3. The number of Topliss-reactive ketones (excluding diaryl/α,β-unsaturated/α-hetero) is 1. The predicted octanol–water partition coefficient (Wildman–Crippen LogP) is 5.94. The molecule has 4 rings (SSSR count). The van der Waals surface area contributed by atoms with Crippen LogP contribution in [-0.4, -0.2) is 16.9 Å². The van der Waals surface area contributed by atoms with Crippen molar-refractivity contribution in [2.24, 2.45) is 0 Å². The summed E-state index contributed by atoms with van der Waals surface area (Å²) in [5.41, 5.74) is 3.53. The van der Waals surface area contributed by atoms with E-state index in [1.807, 2.05) is 25.1 Å². The molecule has 32 heavy (non-hydrogen) atoms. The Morgan fingerprint density at radius 2 is 1.97 bits per heavy atom. The van der Waals surface area contributed by atoms with Crippen LogP contribution in [0.2, 0.25) is 0 Å². The molecule has 0 bridgehead atoms. The zero-order valence-corrected chi connectivity index (χ0v) is 18.9. The van der Waals surface area contributed by atoms with Crippen LogP contribution >= 0.6 is 0 Å². The monoisotopic (exact) mass is 434 g/mol. The summed E-state index contributed by atoms with van der Waals surface area (Å²) in [4.78, 5) is 25.7. The summed E-state index contributed by atoms with van der Waals surface area (Å²) in [7, 11) is 0. The van der Waals surface area contributed by atoms with Crippen molar-refractivity contribution in [1.82, 2.24) is 0 Å². The number of hydrogen-bond donors (Lipinski definition) is 1. The summed E-state index contributed by atoms with van der Waals surface area (Å²) >= 11 is 0. The van der Waals surface area contributed by atoms with E-state index in [1.54, 1.807) is 18.2 Å². The molecule has 5 nitrogen and oxygen atoms in total. The van der Waals surface area contributed by atoms with E-state index in [2.05, 4.69) is 13.0 Å². The highest BCUT2D eigenvalue weighted by Gasteiger charge is 2.47. The molecule has 1 aliphatic heterocycles. The molecule has 2 atom stereocenters. The molecule has 2 aromatic carbocycles. The molecule has 0 saturated carbocycles. The lowest BCUT2D eigenvalue weighted by atomic mass is 9.82. The lowest BCUT2D eigenvalue weighted by molar-refractivity contribution is -0.172. The molecule has 1 aliphatic carbocycles. The van der Waals surface area contributed by atoms with E-state index in [9.17, 15) is 14.7 Å². The summed E-state index contributed by atoms with van der Waals surface area (Å²) in [5, 5.41) is 11.1. The third-order valence-electron chi connectivity index (χ3n) is 6.27. The second kappa shape index (κ2) is 8.81. The number of ether oxygens (including phenoxy) is 2. The van der Waals surface area contributed by atoms with E-state index in [0.29, 0.717) is 34.4 Å². The van der Waals surface area contributed by atoms with Crippen molar-refractivity contribution in [2.75, 3.05) is 0 Å². The van der Waals surface area contributed by atoms with E-state index in [4.69, 9.17) is 9.47 Å². The average molecular weight is 435 g/mol. The highest BCUT2D eigenvalue weighted by atomic mass is 16.7. The maximum absolute atomic E-state index is 13.5. The molecular formula is C27H30O5. The molecule has 2 unspecified atom stereocenters. The highest BCUT2D eigenvalue weighted by Crippen LogP contribution is 2.50. The molecule has 2 aliphatic rings. The molecule has 0 saturated heterocycles. The van der Waals surface area contributed by atoms with E-state index >= 15 is 0 Å². The lowest BCUT2D eigenvalue weighted by Gasteiger charge is -2.39. The minimum absolute atomic E-state index is 0.0649. The standard InChI is InChI=1S/C27H30O5/c1-4-9-19-15-22(29)23(20-11-8-10-17(2)14-20)25-24(19)26(30)32-27(31-25,16-18(3)28)21-12-6-5-7-13-21/h5-7,12-15,20,29H,4,8-11,16H2,1-3H3. The maximum Gasteiger partial charge on any atom is 0.345 e. The molecule has 1 N–H and O–H groups in total. The van der Waals surface area contributed by atoms with Gasteiger partial charge in [0.1, 0.15) is 22.8 Å². The van der Waals surface area contributed by atoms with Crippen LogP contribution in [0.4, 0.5) is 0 Å². The van der Waals surface area contributed by atoms with Gasteiger partial charge in [-0.15, -0.1) is 0 Å². The summed E-state index contributed by atoms with van der Waals surface area (Å²) < 4.78 is 12.4. The van der Waals surface area contributed by atoms with Gasteiger partial charge in [-0.05, 0) is 51.2 Å². The lowest BCUT2D eigenvalue weighted by Crippen LogP contribution is -2.44. The molecule has 0 amide bonds. The quantitative estimate of drug-likeness (QED) is 0.450. The van der Waals surface area contributed by atoms with Crippen LogP contribution in [-0.2, 0) is 21.7 Å². The molecule has 5 heteroatoms. The third-order valence-corrected chi connectivity index (χ3v) is 6.27. The first-order valence-corrected chi connectivity index (χ1v) is 11.4. The maximum atomic E-state index is 13.5. The number of fused-ring (bicyclic) bond motifs is 1. The van der Waals surface area contributed by atoms with Gasteiger partial charge in [0.25, 0.3) is 5.79 Å². The van der Waals surface area contributed by atoms with Gasteiger partial charge < -0.3 is 14.6 Å². The topological polar surface area (TPSA) is 72.8 Å². The van der Waals surface area contributed by atoms with Crippen molar-refractivity contribution in [2.45, 2.75) is 71.0 Å². The molecule has 0 fully saturated rings. The van der Waals surface area contributed by atoms with Crippen LogP contribution in [0.1, 0.15) is 85.8 Å². The van der Waals surface area contributed by atoms with Crippen LogP contribution in [0.5, 0.6) is 11.5 Å². The van der Waals surface area contributed by atoms with Gasteiger partial charge in [0, 0.05) is 17.0 Å². The predicted molar refractivity (Wildman–Crippen MR) is 122 cm³/mol. The number of hydrogen-bond acceptors (Lipinski definition) is 5. The zero-order valence-electron chi connectivity index (χ0n) is 18.9. The Kier molecular flexibility index (Phi) is 6.09. The number of phenols is 1. The summed E-state index contributed by atoms with van der Waals surface area (Å²) in [6, 6.07) is 10.8. The van der Waals surface area contributed by atoms with Gasteiger partial charge in [-0.2, -0.15) is 0 Å². The van der Waals surface area contributed by atoms with Crippen molar-refractivity contribution >= 4 is 11.8 Å². The van der Waals surface area contributed by atoms with E-state index < -0.39 is 11.8 Å². The average Bonchev–Trinajstić information content (AvgIpc) is 2.73. The van der Waals surface area contributed by atoms with Crippen LogP contribution in [0.15, 0.2) is 48.0 Å². The Morgan fingerprint density at radius 1 is 1.22 bits per heavy atom. The number of cyclic esters (lactones) is 1. The Morgan fingerprint density at radius 3 is 2.62 bits per heavy atom. The molecule has 0 aromatic heterocycles. The van der Waals surface area contributed by atoms with Gasteiger partial charge in [-0.3, -0.25) is 4.79 Å². The van der Waals surface area contributed by atoms with Gasteiger partial charge >= 0.3 is 5.97 Å². The second-order valence-electron chi connectivity index (χ2n) is 8.92. The number of ketones is 1. The SMILES string of the molecule is CCCc1cc(O)c(C2C=C(C)CCC2)c2c1C(=O)OC(CC(C)=O)(c1ccccc1)O2. The van der Waals surface area contributed by atoms with E-state index in [-0.39, 0.29) is 23.9 Å². The summed E-state index contributed by atoms with van der Waals surface area (Å²) in [5.74, 6) is -1.82. The van der Waals surface area contributed by atoms with Crippen molar-refractivity contribution in [3.05, 3.63) is 70.3 Å². The van der Waals surface area contributed by atoms with Crippen LogP contribution in [0.3, 0.4) is 0 Å². The van der Waals surface area contributed by atoms with Crippen LogP contribution in [0, 0.1) is 0 Å². The first-order valence-electron chi connectivity index (χ1n) is 11.4. The van der Waals surface area contributed by atoms with Crippen molar-refractivity contribution in [3.63, 3.8) is 0 Å². The fourth-order valence-electron chi connectivity index (χ4n) is 4.90. The van der Waals surface area contributed by atoms with Crippen molar-refractivity contribution in [1.29, 1.82) is 0 Å². The van der Waals surface area contributed by atoms with Gasteiger partial charge in [0.05, 0.1) is 6.42 Å². The van der Waals surface area contributed by atoms with Gasteiger partial charge in [-0.25, -0.2) is 4.79 Å². The minimum atomic E-state index is -1.56. The highest BCUT2D eigenvalue weighted by molar-refractivity contribution is 5.97. The number of rotatable bonds is 6. The van der Waals surface area contributed by atoms with Crippen molar-refractivity contribution < 1.29 is 24.2 Å². The number of allylic oxidation sites excluding steroid dienone is 2. The molecular weight excluding hydrogens is 404 g/mol. The summed E-state index contributed by atoms with van der Waals surface area (Å²) in [6.45, 7) is 5.56. The largest absolute Gasteiger partial charge is 0.507 e. The third kappa shape index (κ3) is 4.04. The van der Waals surface area contributed by atoms with Gasteiger partial charge in [0.2, 0.25) is 0 Å². The smallest absolute Gasteiger partial charge is 0.345 e. The molecule has 168 valence electrons. The normalized spacial score (nSPS) is 22.4. The van der Waals surface area contributed by atoms with Crippen LogP contribution < -0.4 is 4.74 Å². The van der Waals surface area contributed by atoms with Crippen molar-refractivity contribution in [3.8, 4) is 11.5 Å². The number of benzene rings is 2. The zero-order chi connectivity index (χ0) is 22.9. The fourth-order valence-corrected chi connectivity index (χ4v) is 4.90. The molecule has 1 heterocycles. The van der Waals surface area contributed by atoms with E-state index in [1.165, 1.54) is 12.5 Å². The van der Waals surface area contributed by atoms with Crippen LogP contribution in [0.25, 0.3) is 0 Å². The Balaban J connectivity index is 1.95. The Hall–Kier alpha value is -3.08. The molecule has 2 aromatic rings. The molecule has 0 spiro atoms. The Labute approximate surface area is 189 Å². The number of phenolic OH excluding ortho intramolecular Hbond substituents is 1. The summed E-state index contributed by atoms with van der Waals surface area (Å²) in [6.07, 6.45) is 6.33. The Bertz CT molecular complexity index is 1070. The second-order valence-corrected chi connectivity index (χ2v) is 8.92.